The van der Waals surface area contributed by atoms with Crippen molar-refractivity contribution < 1.29 is 9.59 Å². The Hall–Kier alpha value is -5.56. The fourth-order valence-electron chi connectivity index (χ4n) is 7.52. The Morgan fingerprint density at radius 1 is 0.824 bits per heavy atom. The van der Waals surface area contributed by atoms with Gasteiger partial charge in [0.1, 0.15) is 11.3 Å². The van der Waals surface area contributed by atoms with Crippen LogP contribution in [0.5, 0.6) is 0 Å². The van der Waals surface area contributed by atoms with E-state index in [9.17, 15) is 9.59 Å². The maximum Gasteiger partial charge on any atom is 0.329 e. The molecule has 5 aromatic rings. The van der Waals surface area contributed by atoms with Gasteiger partial charge in [-0.2, -0.15) is 4.98 Å². The summed E-state index contributed by atoms with van der Waals surface area (Å²) in [5.41, 5.74) is 5.87. The number of hydrogen-bond donors (Lipinski definition) is 3. The highest BCUT2D eigenvalue weighted by molar-refractivity contribution is 6.05. The molecule has 1 aliphatic carbocycles. The zero-order valence-electron chi connectivity index (χ0n) is 28.8. The van der Waals surface area contributed by atoms with Crippen molar-refractivity contribution in [2.24, 2.45) is 0 Å². The van der Waals surface area contributed by atoms with Gasteiger partial charge in [-0.3, -0.25) is 24.5 Å². The molecule has 13 nitrogen and oxygen atoms in total. The number of aromatic nitrogens is 5. The molecule has 3 amide bonds. The van der Waals surface area contributed by atoms with Gasteiger partial charge in [-0.25, -0.2) is 19.7 Å². The fraction of sp³-hybridized carbons (Fsp3) is 0.368. The van der Waals surface area contributed by atoms with E-state index in [2.05, 4.69) is 71.6 Å². The molecule has 3 N–H and O–H groups in total. The monoisotopic (exact) mass is 685 g/mol. The van der Waals surface area contributed by atoms with E-state index < -0.39 is 6.03 Å². The van der Waals surface area contributed by atoms with Gasteiger partial charge >= 0.3 is 6.03 Å². The molecule has 262 valence electrons. The van der Waals surface area contributed by atoms with E-state index in [0.29, 0.717) is 30.4 Å². The SMILES string of the molecule is CN(Cc1ccc(N2CCC(=O)NC2=O)nc1)C1CCN(c2ccc(Nc3ncc4nc(Nc5ccccc5)n(C5CCCC5)c4n3)cc2)CC1. The largest absolute Gasteiger partial charge is 0.371 e. The normalized spacial score (nSPS) is 17.4. The number of anilines is 6. The molecular formula is C38H43N11O2. The van der Waals surface area contributed by atoms with E-state index in [4.69, 9.17) is 9.97 Å². The molecule has 0 unspecified atom stereocenters. The molecule has 2 saturated heterocycles. The highest BCUT2D eigenvalue weighted by atomic mass is 16.2. The molecule has 2 aromatic carbocycles. The minimum absolute atomic E-state index is 0.246. The second-order valence-electron chi connectivity index (χ2n) is 13.7. The van der Waals surface area contributed by atoms with Crippen LogP contribution in [0.3, 0.4) is 0 Å². The first-order valence-electron chi connectivity index (χ1n) is 17.9. The van der Waals surface area contributed by atoms with Gasteiger partial charge in [-0.1, -0.05) is 37.1 Å². The summed E-state index contributed by atoms with van der Waals surface area (Å²) in [5.74, 6) is 1.68. The molecule has 3 aliphatic rings. The summed E-state index contributed by atoms with van der Waals surface area (Å²) in [6.45, 7) is 3.09. The Kier molecular flexibility index (Phi) is 9.18. The Morgan fingerprint density at radius 3 is 2.31 bits per heavy atom. The number of rotatable bonds is 10. The Balaban J connectivity index is 0.871. The van der Waals surface area contributed by atoms with Crippen molar-refractivity contribution in [3.8, 4) is 0 Å². The summed E-state index contributed by atoms with van der Waals surface area (Å²) < 4.78 is 2.27. The number of nitrogens with one attached hydrogen (secondary N) is 3. The topological polar surface area (TPSA) is 136 Å². The number of fused-ring (bicyclic) bond motifs is 1. The van der Waals surface area contributed by atoms with Crippen molar-refractivity contribution in [2.75, 3.05) is 47.1 Å². The third-order valence-corrected chi connectivity index (χ3v) is 10.3. The molecule has 5 heterocycles. The molecule has 1 saturated carbocycles. The second-order valence-corrected chi connectivity index (χ2v) is 13.7. The van der Waals surface area contributed by atoms with Gasteiger partial charge in [0.05, 0.1) is 6.20 Å². The van der Waals surface area contributed by atoms with E-state index in [1.165, 1.54) is 23.4 Å². The van der Waals surface area contributed by atoms with Crippen molar-refractivity contribution in [1.82, 2.24) is 34.7 Å². The number of amides is 3. The number of urea groups is 1. The number of carbonyl (C=O) groups is 2. The molecule has 3 fully saturated rings. The van der Waals surface area contributed by atoms with Crippen molar-refractivity contribution in [1.29, 1.82) is 0 Å². The third-order valence-electron chi connectivity index (χ3n) is 10.3. The van der Waals surface area contributed by atoms with Crippen LogP contribution in [0.2, 0.25) is 0 Å². The van der Waals surface area contributed by atoms with Gasteiger partial charge in [0.15, 0.2) is 5.65 Å². The highest BCUT2D eigenvalue weighted by Crippen LogP contribution is 2.36. The van der Waals surface area contributed by atoms with Crippen LogP contribution in [0, 0.1) is 0 Å². The highest BCUT2D eigenvalue weighted by Gasteiger charge is 2.27. The quantitative estimate of drug-likeness (QED) is 0.152. The number of carbonyl (C=O) groups excluding carboxylic acids is 2. The van der Waals surface area contributed by atoms with E-state index >= 15 is 0 Å². The zero-order valence-corrected chi connectivity index (χ0v) is 28.8. The van der Waals surface area contributed by atoms with Crippen LogP contribution in [0.25, 0.3) is 11.2 Å². The second kappa shape index (κ2) is 14.4. The van der Waals surface area contributed by atoms with Crippen LogP contribution >= 0.6 is 0 Å². The van der Waals surface area contributed by atoms with Gasteiger partial charge in [-0.15, -0.1) is 0 Å². The van der Waals surface area contributed by atoms with E-state index in [1.54, 1.807) is 0 Å². The molecular weight excluding hydrogens is 642 g/mol. The summed E-state index contributed by atoms with van der Waals surface area (Å²) >= 11 is 0. The standard InChI is InChI=1S/C38H43N11O2/c1-46(25-26-11-16-33(39-23-26)48-22-19-34(50)44-38(48)51)29-17-20-47(21-18-29)30-14-12-28(13-15-30)41-36-40-24-32-35(45-36)49(31-9-5-6-10-31)37(43-32)42-27-7-3-2-4-8-27/h2-4,7-8,11-16,23-24,29,31H,5-6,9-10,17-22,25H2,1H3,(H,42,43)(H,40,41,45)(H,44,50,51). The molecule has 2 aliphatic heterocycles. The lowest BCUT2D eigenvalue weighted by molar-refractivity contribution is -0.120. The van der Waals surface area contributed by atoms with E-state index in [0.717, 1.165) is 79.4 Å². The summed E-state index contributed by atoms with van der Waals surface area (Å²) in [4.78, 5) is 48.9. The Morgan fingerprint density at radius 2 is 1.59 bits per heavy atom. The Labute approximate surface area is 297 Å². The summed E-state index contributed by atoms with van der Waals surface area (Å²) in [5, 5.41) is 9.29. The molecule has 8 rings (SSSR count). The molecule has 3 aromatic heterocycles. The first-order valence-corrected chi connectivity index (χ1v) is 17.9. The van der Waals surface area contributed by atoms with Crippen LogP contribution in [0.4, 0.5) is 39.6 Å². The average molecular weight is 686 g/mol. The van der Waals surface area contributed by atoms with Gasteiger partial charge in [0, 0.05) is 67.9 Å². The Bertz CT molecular complexity index is 1980. The number of imidazole rings is 1. The number of para-hydroxylation sites is 1. The van der Waals surface area contributed by atoms with Crippen LogP contribution < -0.4 is 25.8 Å². The van der Waals surface area contributed by atoms with Gasteiger partial charge in [0.2, 0.25) is 17.8 Å². The number of benzene rings is 2. The lowest BCUT2D eigenvalue weighted by Gasteiger charge is -2.38. The number of hydrogen-bond acceptors (Lipinski definition) is 10. The fourth-order valence-corrected chi connectivity index (χ4v) is 7.52. The van der Waals surface area contributed by atoms with Crippen LogP contribution in [-0.4, -0.2) is 74.1 Å². The van der Waals surface area contributed by atoms with Gasteiger partial charge in [-0.05, 0) is 80.8 Å². The maximum absolute atomic E-state index is 12.2. The average Bonchev–Trinajstić information content (AvgIpc) is 3.81. The van der Waals surface area contributed by atoms with Crippen molar-refractivity contribution in [2.45, 2.75) is 63.6 Å². The van der Waals surface area contributed by atoms with E-state index in [1.807, 2.05) is 54.9 Å². The summed E-state index contributed by atoms with van der Waals surface area (Å²) in [6, 6.07) is 23.0. The van der Waals surface area contributed by atoms with Crippen molar-refractivity contribution >= 4 is 57.9 Å². The van der Waals surface area contributed by atoms with Gasteiger partial charge < -0.3 is 15.5 Å². The number of nitrogens with zero attached hydrogens (tertiary/aromatic N) is 8. The first kappa shape index (κ1) is 32.6. The molecule has 51 heavy (non-hydrogen) atoms. The lowest BCUT2D eigenvalue weighted by Crippen LogP contribution is -2.49. The predicted molar refractivity (Wildman–Crippen MR) is 199 cm³/mol. The molecule has 0 radical (unpaired) electrons. The van der Waals surface area contributed by atoms with Crippen LogP contribution in [0.1, 0.15) is 56.6 Å². The predicted octanol–water partition coefficient (Wildman–Crippen LogP) is 6.37. The minimum Gasteiger partial charge on any atom is -0.371 e. The van der Waals surface area contributed by atoms with Gasteiger partial charge in [0.25, 0.3) is 0 Å². The summed E-state index contributed by atoms with van der Waals surface area (Å²) in [6.07, 6.45) is 10.7. The smallest absolute Gasteiger partial charge is 0.329 e. The molecule has 0 bridgehead atoms. The molecule has 0 spiro atoms. The lowest BCUT2D eigenvalue weighted by atomic mass is 10.0. The molecule has 0 atom stereocenters. The van der Waals surface area contributed by atoms with Crippen molar-refractivity contribution in [3.05, 3.63) is 84.7 Å². The van der Waals surface area contributed by atoms with Crippen molar-refractivity contribution in [3.63, 3.8) is 0 Å². The van der Waals surface area contributed by atoms with E-state index in [-0.39, 0.29) is 12.3 Å². The number of imide groups is 1. The number of pyridine rings is 1. The van der Waals surface area contributed by atoms with Crippen LogP contribution in [-0.2, 0) is 11.3 Å². The number of piperidine rings is 1. The first-order chi connectivity index (χ1) is 25.0. The maximum atomic E-state index is 12.2. The molecule has 13 heteroatoms. The van der Waals surface area contributed by atoms with Crippen LogP contribution in [0.15, 0.2) is 79.1 Å². The minimum atomic E-state index is -0.415. The zero-order chi connectivity index (χ0) is 34.7. The summed E-state index contributed by atoms with van der Waals surface area (Å²) in [7, 11) is 2.17. The third kappa shape index (κ3) is 7.20.